The van der Waals surface area contributed by atoms with E-state index in [1.165, 1.54) is 5.56 Å². The molecule has 1 aliphatic heterocycles. The molecule has 0 saturated heterocycles. The normalized spacial score (nSPS) is 16.7. The van der Waals surface area contributed by atoms with Crippen LogP contribution >= 0.6 is 11.3 Å². The second-order valence-corrected chi connectivity index (χ2v) is 5.49. The molecule has 0 spiro atoms. The zero-order valence-electron chi connectivity index (χ0n) is 10.7. The summed E-state index contributed by atoms with van der Waals surface area (Å²) in [7, 11) is 0. The minimum atomic E-state index is -0.976. The van der Waals surface area contributed by atoms with E-state index in [9.17, 15) is 4.79 Å². The summed E-state index contributed by atoms with van der Waals surface area (Å²) in [5, 5.41) is 14.0. The number of nitrogens with one attached hydrogen (secondary N) is 1. The van der Waals surface area contributed by atoms with E-state index in [4.69, 9.17) is 9.84 Å². The van der Waals surface area contributed by atoms with Crippen LogP contribution in [-0.2, 0) is 13.0 Å². The van der Waals surface area contributed by atoms with Crippen molar-refractivity contribution in [2.24, 2.45) is 0 Å². The molecule has 3 rings (SSSR count). The maximum atomic E-state index is 10.7. The fourth-order valence-corrected chi connectivity index (χ4v) is 2.87. The Bertz CT molecular complexity index is 601. The highest BCUT2D eigenvalue weighted by atomic mass is 32.1. The first kappa shape index (κ1) is 13.1. The van der Waals surface area contributed by atoms with Crippen molar-refractivity contribution < 1.29 is 14.6 Å². The summed E-state index contributed by atoms with van der Waals surface area (Å²) < 4.78 is 5.81. The number of carboxylic acids is 1. The third kappa shape index (κ3) is 2.81. The van der Waals surface area contributed by atoms with Crippen molar-refractivity contribution in [2.45, 2.75) is 19.1 Å². The quantitative estimate of drug-likeness (QED) is 0.880. The van der Waals surface area contributed by atoms with Crippen molar-refractivity contribution in [2.75, 3.05) is 6.54 Å². The van der Waals surface area contributed by atoms with Gasteiger partial charge in [0, 0.05) is 24.9 Å². The lowest BCUT2D eigenvalue weighted by atomic mass is 10.1. The van der Waals surface area contributed by atoms with Gasteiger partial charge in [0.2, 0.25) is 5.01 Å². The molecule has 0 amide bonds. The van der Waals surface area contributed by atoms with Gasteiger partial charge >= 0.3 is 5.97 Å². The van der Waals surface area contributed by atoms with Crippen LogP contribution in [-0.4, -0.2) is 28.7 Å². The van der Waals surface area contributed by atoms with Crippen LogP contribution in [0.2, 0.25) is 0 Å². The van der Waals surface area contributed by atoms with E-state index in [0.717, 1.165) is 29.2 Å². The largest absolute Gasteiger partial charge is 0.488 e. The van der Waals surface area contributed by atoms with Gasteiger partial charge in [-0.2, -0.15) is 0 Å². The maximum Gasteiger partial charge on any atom is 0.365 e. The third-order valence-electron chi connectivity index (χ3n) is 3.13. The van der Waals surface area contributed by atoms with Crippen molar-refractivity contribution >= 4 is 17.3 Å². The summed E-state index contributed by atoms with van der Waals surface area (Å²) in [6.07, 6.45) is 1.03. The van der Waals surface area contributed by atoms with Crippen molar-refractivity contribution in [3.8, 4) is 5.75 Å². The minimum Gasteiger partial charge on any atom is -0.488 e. The average Bonchev–Trinajstić information content (AvgIpc) is 3.04. The monoisotopic (exact) mass is 290 g/mol. The number of aromatic nitrogens is 1. The number of carbonyl (C=O) groups is 1. The molecule has 0 aliphatic carbocycles. The number of hydrogen-bond donors (Lipinski definition) is 2. The Hall–Kier alpha value is -1.92. The van der Waals surface area contributed by atoms with E-state index in [-0.39, 0.29) is 11.1 Å². The second kappa shape index (κ2) is 5.60. The predicted octanol–water partition coefficient (Wildman–Crippen LogP) is 1.93. The SMILES string of the molecule is O=C(O)c1nc(CNCC2Cc3ccccc3O2)cs1. The first-order valence-corrected chi connectivity index (χ1v) is 7.23. The van der Waals surface area contributed by atoms with Gasteiger partial charge in [-0.1, -0.05) is 18.2 Å². The molecule has 0 saturated carbocycles. The molecule has 6 heteroatoms. The Morgan fingerprint density at radius 1 is 1.50 bits per heavy atom. The number of hydrogen-bond acceptors (Lipinski definition) is 5. The first-order chi connectivity index (χ1) is 9.72. The molecule has 20 heavy (non-hydrogen) atoms. The lowest BCUT2D eigenvalue weighted by molar-refractivity contribution is 0.0696. The fourth-order valence-electron chi connectivity index (χ4n) is 2.22. The molecule has 0 radical (unpaired) electrons. The average molecular weight is 290 g/mol. The summed E-state index contributed by atoms with van der Waals surface area (Å²) in [4.78, 5) is 14.8. The lowest BCUT2D eigenvalue weighted by Crippen LogP contribution is -2.29. The Morgan fingerprint density at radius 2 is 2.35 bits per heavy atom. The molecule has 1 unspecified atom stereocenters. The van der Waals surface area contributed by atoms with Gasteiger partial charge in [-0.15, -0.1) is 11.3 Å². The highest BCUT2D eigenvalue weighted by molar-refractivity contribution is 7.11. The highest BCUT2D eigenvalue weighted by Gasteiger charge is 2.21. The maximum absolute atomic E-state index is 10.7. The number of carboxylic acid groups (broad SMARTS) is 1. The summed E-state index contributed by atoms with van der Waals surface area (Å²) in [6.45, 7) is 1.27. The van der Waals surface area contributed by atoms with Gasteiger partial charge in [-0.3, -0.25) is 0 Å². The Kier molecular flexibility index (Phi) is 3.66. The third-order valence-corrected chi connectivity index (χ3v) is 4.01. The van der Waals surface area contributed by atoms with Gasteiger partial charge in [0.05, 0.1) is 5.69 Å². The molecule has 0 fully saturated rings. The number of aromatic carboxylic acids is 1. The minimum absolute atomic E-state index is 0.130. The molecule has 2 heterocycles. The van der Waals surface area contributed by atoms with Gasteiger partial charge in [-0.25, -0.2) is 9.78 Å². The van der Waals surface area contributed by atoms with Crippen LogP contribution in [0.25, 0.3) is 0 Å². The van der Waals surface area contributed by atoms with Crippen molar-refractivity contribution in [3.05, 3.63) is 45.9 Å². The Labute approximate surface area is 120 Å². The zero-order valence-corrected chi connectivity index (χ0v) is 11.5. The molecule has 0 bridgehead atoms. The number of benzene rings is 1. The van der Waals surface area contributed by atoms with E-state index in [0.29, 0.717) is 13.1 Å². The molecule has 2 aromatic rings. The van der Waals surface area contributed by atoms with E-state index >= 15 is 0 Å². The van der Waals surface area contributed by atoms with Gasteiger partial charge in [0.25, 0.3) is 0 Å². The number of para-hydroxylation sites is 1. The Balaban J connectivity index is 1.48. The molecular weight excluding hydrogens is 276 g/mol. The number of nitrogens with zero attached hydrogens (tertiary/aromatic N) is 1. The number of ether oxygens (including phenoxy) is 1. The van der Waals surface area contributed by atoms with Gasteiger partial charge in [0.1, 0.15) is 11.9 Å². The summed E-state index contributed by atoms with van der Waals surface area (Å²) in [6, 6.07) is 8.04. The van der Waals surface area contributed by atoms with Gasteiger partial charge < -0.3 is 15.2 Å². The molecule has 5 nitrogen and oxygen atoms in total. The standard InChI is InChI=1S/C14H14N2O3S/c17-14(18)13-16-10(8-20-13)6-15-7-11-5-9-3-1-2-4-12(9)19-11/h1-4,8,11,15H,5-7H2,(H,17,18). The van der Waals surface area contributed by atoms with E-state index in [1.807, 2.05) is 18.2 Å². The first-order valence-electron chi connectivity index (χ1n) is 6.35. The Morgan fingerprint density at radius 3 is 3.10 bits per heavy atom. The smallest absolute Gasteiger partial charge is 0.365 e. The van der Waals surface area contributed by atoms with Crippen molar-refractivity contribution in [1.29, 1.82) is 0 Å². The van der Waals surface area contributed by atoms with Crippen LogP contribution in [0, 0.1) is 0 Å². The van der Waals surface area contributed by atoms with Gasteiger partial charge in [-0.05, 0) is 11.6 Å². The molecule has 1 aliphatic rings. The molecule has 2 N–H and O–H groups in total. The van der Waals surface area contributed by atoms with Crippen LogP contribution in [0.4, 0.5) is 0 Å². The summed E-state index contributed by atoms with van der Waals surface area (Å²) in [5.74, 6) is -0.0167. The summed E-state index contributed by atoms with van der Waals surface area (Å²) in [5.41, 5.74) is 1.99. The number of rotatable bonds is 5. The van der Waals surface area contributed by atoms with Crippen molar-refractivity contribution in [1.82, 2.24) is 10.3 Å². The van der Waals surface area contributed by atoms with Crippen LogP contribution in [0.15, 0.2) is 29.6 Å². The molecular formula is C14H14N2O3S. The molecule has 104 valence electrons. The van der Waals surface area contributed by atoms with Crippen LogP contribution in [0.1, 0.15) is 21.1 Å². The van der Waals surface area contributed by atoms with E-state index in [2.05, 4.69) is 16.4 Å². The lowest BCUT2D eigenvalue weighted by Gasteiger charge is -2.10. The zero-order chi connectivity index (χ0) is 13.9. The fraction of sp³-hybridized carbons (Fsp3) is 0.286. The van der Waals surface area contributed by atoms with Crippen molar-refractivity contribution in [3.63, 3.8) is 0 Å². The van der Waals surface area contributed by atoms with Crippen LogP contribution < -0.4 is 10.1 Å². The van der Waals surface area contributed by atoms with Gasteiger partial charge in [0.15, 0.2) is 0 Å². The van der Waals surface area contributed by atoms with Crippen LogP contribution in [0.3, 0.4) is 0 Å². The second-order valence-electron chi connectivity index (χ2n) is 4.63. The molecule has 1 aromatic heterocycles. The summed E-state index contributed by atoms with van der Waals surface area (Å²) >= 11 is 1.15. The van der Waals surface area contributed by atoms with E-state index < -0.39 is 5.97 Å². The number of fused-ring (bicyclic) bond motifs is 1. The topological polar surface area (TPSA) is 71.5 Å². The predicted molar refractivity (Wildman–Crippen MR) is 75.3 cm³/mol. The molecule has 1 atom stereocenters. The highest BCUT2D eigenvalue weighted by Crippen LogP contribution is 2.27. The van der Waals surface area contributed by atoms with E-state index in [1.54, 1.807) is 5.38 Å². The number of thiazole rings is 1. The van der Waals surface area contributed by atoms with Crippen LogP contribution in [0.5, 0.6) is 5.75 Å². The molecule has 1 aromatic carbocycles.